The molecule has 0 aliphatic rings. The van der Waals surface area contributed by atoms with E-state index in [0.717, 1.165) is 11.3 Å². The van der Waals surface area contributed by atoms with Crippen molar-refractivity contribution in [3.8, 4) is 5.75 Å². The summed E-state index contributed by atoms with van der Waals surface area (Å²) in [4.78, 5) is 0. The molecule has 0 heterocycles. The van der Waals surface area contributed by atoms with Gasteiger partial charge in [0.1, 0.15) is 5.75 Å². The number of anilines is 1. The summed E-state index contributed by atoms with van der Waals surface area (Å²) in [5.41, 5.74) is 1.96. The van der Waals surface area contributed by atoms with Crippen molar-refractivity contribution in [3.05, 3.63) is 57.0 Å². The van der Waals surface area contributed by atoms with Gasteiger partial charge >= 0.3 is 0 Å². The highest BCUT2D eigenvalue weighted by Gasteiger charge is 2.05. The van der Waals surface area contributed by atoms with E-state index in [1.54, 1.807) is 12.1 Å². The van der Waals surface area contributed by atoms with Crippen molar-refractivity contribution in [2.45, 2.75) is 26.5 Å². The molecule has 112 valence electrons. The minimum absolute atomic E-state index is 0.0997. The van der Waals surface area contributed by atoms with Crippen molar-refractivity contribution < 1.29 is 4.74 Å². The Morgan fingerprint density at radius 3 is 2.33 bits per heavy atom. The van der Waals surface area contributed by atoms with Crippen LogP contribution in [0.2, 0.25) is 15.1 Å². The highest BCUT2D eigenvalue weighted by atomic mass is 35.5. The fourth-order valence-electron chi connectivity index (χ4n) is 1.81. The summed E-state index contributed by atoms with van der Waals surface area (Å²) in [5, 5.41) is 4.95. The zero-order chi connectivity index (χ0) is 15.4. The maximum Gasteiger partial charge on any atom is 0.138 e. The molecule has 0 spiro atoms. The molecule has 2 nitrogen and oxygen atoms in total. The Kier molecular flexibility index (Phi) is 5.63. The minimum atomic E-state index is 0.0997. The summed E-state index contributed by atoms with van der Waals surface area (Å²) in [5.74, 6) is 0.699. The van der Waals surface area contributed by atoms with Gasteiger partial charge in [-0.2, -0.15) is 0 Å². The second-order valence-corrected chi connectivity index (χ2v) is 6.14. The summed E-state index contributed by atoms with van der Waals surface area (Å²) in [6, 6.07) is 11.2. The van der Waals surface area contributed by atoms with Gasteiger partial charge < -0.3 is 10.1 Å². The molecule has 0 saturated carbocycles. The van der Waals surface area contributed by atoms with Gasteiger partial charge in [-0.15, -0.1) is 0 Å². The van der Waals surface area contributed by atoms with E-state index >= 15 is 0 Å². The molecule has 0 unspecified atom stereocenters. The lowest BCUT2D eigenvalue weighted by molar-refractivity contribution is 0.242. The van der Waals surface area contributed by atoms with Crippen LogP contribution in [0.3, 0.4) is 0 Å². The van der Waals surface area contributed by atoms with Gasteiger partial charge in [-0.25, -0.2) is 0 Å². The Morgan fingerprint density at radius 2 is 1.71 bits per heavy atom. The maximum absolute atomic E-state index is 6.21. The first-order valence-corrected chi connectivity index (χ1v) is 7.73. The van der Waals surface area contributed by atoms with Gasteiger partial charge in [0, 0.05) is 12.2 Å². The third-order valence-electron chi connectivity index (χ3n) is 2.78. The predicted molar refractivity (Wildman–Crippen MR) is 91.0 cm³/mol. The van der Waals surface area contributed by atoms with Crippen LogP contribution in [0, 0.1) is 0 Å². The van der Waals surface area contributed by atoms with E-state index in [-0.39, 0.29) is 6.10 Å². The molecule has 0 aliphatic carbocycles. The van der Waals surface area contributed by atoms with Crippen LogP contribution in [-0.2, 0) is 6.54 Å². The minimum Gasteiger partial charge on any atom is -0.489 e. The molecule has 5 heteroatoms. The average molecular weight is 345 g/mol. The van der Waals surface area contributed by atoms with E-state index in [9.17, 15) is 0 Å². The smallest absolute Gasteiger partial charge is 0.138 e. The first kappa shape index (κ1) is 16.3. The fraction of sp³-hybridized carbons (Fsp3) is 0.250. The van der Waals surface area contributed by atoms with E-state index in [4.69, 9.17) is 39.5 Å². The lowest BCUT2D eigenvalue weighted by Crippen LogP contribution is -2.06. The van der Waals surface area contributed by atoms with Crippen LogP contribution < -0.4 is 10.1 Å². The van der Waals surface area contributed by atoms with E-state index in [1.807, 2.05) is 38.1 Å². The van der Waals surface area contributed by atoms with E-state index in [1.165, 1.54) is 0 Å². The summed E-state index contributed by atoms with van der Waals surface area (Å²) < 4.78 is 5.61. The maximum atomic E-state index is 6.21. The Labute approximate surface area is 140 Å². The number of ether oxygens (including phenoxy) is 1. The molecular formula is C16H16Cl3NO. The molecule has 0 aliphatic heterocycles. The topological polar surface area (TPSA) is 21.3 Å². The van der Waals surface area contributed by atoms with Crippen LogP contribution >= 0.6 is 34.8 Å². The Bertz CT molecular complexity index is 629. The van der Waals surface area contributed by atoms with Gasteiger partial charge in [-0.3, -0.25) is 0 Å². The fourth-order valence-corrected chi connectivity index (χ4v) is 2.36. The second kappa shape index (κ2) is 7.26. The highest BCUT2D eigenvalue weighted by molar-refractivity contribution is 6.42. The van der Waals surface area contributed by atoms with Crippen LogP contribution in [0.4, 0.5) is 5.69 Å². The van der Waals surface area contributed by atoms with Crippen LogP contribution in [0.1, 0.15) is 19.4 Å². The molecule has 0 fully saturated rings. The summed E-state index contributed by atoms with van der Waals surface area (Å²) in [6.45, 7) is 4.58. The van der Waals surface area contributed by atoms with E-state index in [0.29, 0.717) is 27.4 Å². The van der Waals surface area contributed by atoms with Gasteiger partial charge in [-0.1, -0.05) is 40.9 Å². The molecule has 0 aromatic heterocycles. The number of rotatable bonds is 5. The quantitative estimate of drug-likeness (QED) is 0.713. The van der Waals surface area contributed by atoms with Gasteiger partial charge in [-0.05, 0) is 49.7 Å². The van der Waals surface area contributed by atoms with Crippen LogP contribution in [-0.4, -0.2) is 6.10 Å². The summed E-state index contributed by atoms with van der Waals surface area (Å²) in [7, 11) is 0. The van der Waals surface area contributed by atoms with E-state index < -0.39 is 0 Å². The van der Waals surface area contributed by atoms with Crippen molar-refractivity contribution in [2.75, 3.05) is 5.32 Å². The number of hydrogen-bond donors (Lipinski definition) is 1. The molecule has 0 atom stereocenters. The van der Waals surface area contributed by atoms with E-state index in [2.05, 4.69) is 5.32 Å². The number of nitrogens with one attached hydrogen (secondary N) is 1. The normalized spacial score (nSPS) is 10.8. The standard InChI is InChI=1S/C16H16Cl3NO/c1-10(2)21-16-6-3-11(7-15(16)19)9-20-12-4-5-13(17)14(18)8-12/h3-8,10,20H,9H2,1-2H3. The van der Waals surface area contributed by atoms with Gasteiger partial charge in [0.15, 0.2) is 0 Å². The SMILES string of the molecule is CC(C)Oc1ccc(CNc2ccc(Cl)c(Cl)c2)cc1Cl. The Balaban J connectivity index is 2.03. The van der Waals surface area contributed by atoms with Crippen molar-refractivity contribution in [1.82, 2.24) is 0 Å². The Morgan fingerprint density at radius 1 is 0.952 bits per heavy atom. The third-order valence-corrected chi connectivity index (χ3v) is 3.81. The van der Waals surface area contributed by atoms with Gasteiger partial charge in [0.25, 0.3) is 0 Å². The van der Waals surface area contributed by atoms with Crippen molar-refractivity contribution in [2.24, 2.45) is 0 Å². The zero-order valence-corrected chi connectivity index (χ0v) is 14.1. The Hall–Kier alpha value is -1.09. The number of benzene rings is 2. The second-order valence-electron chi connectivity index (χ2n) is 4.91. The third kappa shape index (κ3) is 4.70. The van der Waals surface area contributed by atoms with Crippen LogP contribution in [0.5, 0.6) is 5.75 Å². The average Bonchev–Trinajstić information content (AvgIpc) is 2.42. The van der Waals surface area contributed by atoms with Crippen LogP contribution in [0.25, 0.3) is 0 Å². The van der Waals surface area contributed by atoms with Crippen LogP contribution in [0.15, 0.2) is 36.4 Å². The number of hydrogen-bond acceptors (Lipinski definition) is 2. The summed E-state index contributed by atoms with van der Waals surface area (Å²) in [6.07, 6.45) is 0.0997. The van der Waals surface area contributed by atoms with Crippen molar-refractivity contribution in [3.63, 3.8) is 0 Å². The predicted octanol–water partition coefficient (Wildman–Crippen LogP) is 6.05. The molecule has 1 N–H and O–H groups in total. The monoisotopic (exact) mass is 343 g/mol. The molecule has 21 heavy (non-hydrogen) atoms. The molecule has 0 amide bonds. The molecule has 0 bridgehead atoms. The lowest BCUT2D eigenvalue weighted by Gasteiger charge is -2.13. The van der Waals surface area contributed by atoms with Crippen molar-refractivity contribution >= 4 is 40.5 Å². The van der Waals surface area contributed by atoms with Crippen molar-refractivity contribution in [1.29, 1.82) is 0 Å². The summed E-state index contributed by atoms with van der Waals surface area (Å²) >= 11 is 18.1. The largest absolute Gasteiger partial charge is 0.489 e. The zero-order valence-electron chi connectivity index (χ0n) is 11.8. The molecule has 0 saturated heterocycles. The number of halogens is 3. The first-order valence-electron chi connectivity index (χ1n) is 6.59. The molecule has 2 aromatic carbocycles. The molecule has 2 rings (SSSR count). The highest BCUT2D eigenvalue weighted by Crippen LogP contribution is 2.28. The van der Waals surface area contributed by atoms with Gasteiger partial charge in [0.2, 0.25) is 0 Å². The molecule has 0 radical (unpaired) electrons. The molecule has 2 aromatic rings. The molecular weight excluding hydrogens is 329 g/mol. The van der Waals surface area contributed by atoms with Gasteiger partial charge in [0.05, 0.1) is 21.2 Å². The lowest BCUT2D eigenvalue weighted by atomic mass is 10.2. The first-order chi connectivity index (χ1) is 9.95.